The average molecular weight is 219 g/mol. The second kappa shape index (κ2) is 7.63. The van der Waals surface area contributed by atoms with E-state index in [1.54, 1.807) is 7.11 Å². The molecule has 0 aromatic rings. The van der Waals surface area contributed by atoms with Crippen molar-refractivity contribution in [3.63, 3.8) is 0 Å². The molecule has 0 saturated heterocycles. The summed E-state index contributed by atoms with van der Waals surface area (Å²) in [6.45, 7) is -0.138. The van der Waals surface area contributed by atoms with Crippen molar-refractivity contribution in [1.82, 2.24) is 10.2 Å². The van der Waals surface area contributed by atoms with Crippen LogP contribution in [0.2, 0.25) is 0 Å². The van der Waals surface area contributed by atoms with Crippen molar-refractivity contribution >= 4 is 11.9 Å². The monoisotopic (exact) mass is 219 g/mol. The van der Waals surface area contributed by atoms with Crippen molar-refractivity contribution in [1.29, 1.82) is 0 Å². The van der Waals surface area contributed by atoms with Gasteiger partial charge in [0.05, 0.1) is 0 Å². The number of carboxylic acids is 2. The Labute approximate surface area is 86.9 Å². The summed E-state index contributed by atoms with van der Waals surface area (Å²) in [6, 6.07) is 0. The van der Waals surface area contributed by atoms with Gasteiger partial charge in [-0.25, -0.2) is 0 Å². The molecule has 0 amide bonds. The molecule has 0 heterocycles. The van der Waals surface area contributed by atoms with E-state index in [4.69, 9.17) is 10.2 Å². The van der Waals surface area contributed by atoms with Crippen LogP contribution in [0.5, 0.6) is 0 Å². The second-order valence-corrected chi connectivity index (χ2v) is 2.69. The van der Waals surface area contributed by atoms with Crippen LogP contribution in [-0.4, -0.2) is 58.7 Å². The standard InChI is InChI=1S/C8H14N2O5/c1-15-6-10(5-8(13)14)3-2-9-4-7(11)12/h2-3,9H,4-6H2,1H3,(H,11,12)(H,13,14)/p+1/b3-2-. The number of hydrogen-bond donors (Lipinski definition) is 3. The topological polar surface area (TPSA) is 103 Å². The highest BCUT2D eigenvalue weighted by Gasteiger charge is 2.05. The van der Waals surface area contributed by atoms with E-state index in [0.717, 1.165) is 0 Å². The van der Waals surface area contributed by atoms with Gasteiger partial charge in [-0.3, -0.25) is 9.59 Å². The molecule has 0 aliphatic rings. The van der Waals surface area contributed by atoms with Crippen LogP contribution in [0.1, 0.15) is 0 Å². The first kappa shape index (κ1) is 13.2. The number of aliphatic carboxylic acids is 2. The van der Waals surface area contributed by atoms with E-state index in [2.05, 4.69) is 10.1 Å². The molecule has 0 rings (SSSR count). The summed E-state index contributed by atoms with van der Waals surface area (Å²) in [5.74, 6) is -1.95. The Morgan fingerprint density at radius 3 is 2.53 bits per heavy atom. The minimum Gasteiger partial charge on any atom is -0.480 e. The molecule has 15 heavy (non-hydrogen) atoms. The zero-order valence-electron chi connectivity index (χ0n) is 8.38. The molecule has 7 heteroatoms. The zero-order valence-corrected chi connectivity index (χ0v) is 8.38. The fourth-order valence-corrected chi connectivity index (χ4v) is 0.810. The van der Waals surface area contributed by atoms with Gasteiger partial charge in [0.15, 0.2) is 0 Å². The molecule has 0 bridgehead atoms. The molecule has 86 valence electrons. The molecule has 0 radical (unpaired) electrons. The molecular weight excluding hydrogens is 204 g/mol. The molecule has 0 aliphatic carbocycles. The average Bonchev–Trinajstić information content (AvgIpc) is 2.11. The molecule has 0 aromatic heterocycles. The molecule has 4 N–H and O–H groups in total. The van der Waals surface area contributed by atoms with E-state index in [1.807, 2.05) is 0 Å². The van der Waals surface area contributed by atoms with Crippen molar-refractivity contribution in [3.8, 4) is 0 Å². The maximum Gasteiger partial charge on any atom is 0.323 e. The number of carbonyl (C=O) groups is 2. The van der Waals surface area contributed by atoms with Crippen molar-refractivity contribution < 1.29 is 24.5 Å². The van der Waals surface area contributed by atoms with Gasteiger partial charge in [-0.15, -0.1) is 0 Å². The summed E-state index contributed by atoms with van der Waals surface area (Å²) in [7, 11) is 1.56. The number of ether oxygens (including phenoxy) is 1. The first-order valence-corrected chi connectivity index (χ1v) is 4.19. The molecular formula is C8H15N2O5+. The van der Waals surface area contributed by atoms with Crippen LogP contribution in [0.3, 0.4) is 0 Å². The third-order valence-electron chi connectivity index (χ3n) is 1.32. The first-order valence-electron chi connectivity index (χ1n) is 4.19. The fourth-order valence-electron chi connectivity index (χ4n) is 0.810. The molecule has 0 atom stereocenters. The Hall–Kier alpha value is -1.76. The van der Waals surface area contributed by atoms with Crippen molar-refractivity contribution in [2.45, 2.75) is 0 Å². The number of carboxylic acid groups (broad SMARTS) is 2. The second-order valence-electron chi connectivity index (χ2n) is 2.69. The van der Waals surface area contributed by atoms with Gasteiger partial charge in [-0.2, -0.15) is 0 Å². The van der Waals surface area contributed by atoms with Gasteiger partial charge in [0.1, 0.15) is 20.2 Å². The van der Waals surface area contributed by atoms with E-state index in [1.165, 1.54) is 17.3 Å². The van der Waals surface area contributed by atoms with Crippen LogP contribution in [0.4, 0.5) is 0 Å². The maximum atomic E-state index is 10.4. The largest absolute Gasteiger partial charge is 0.480 e. The Bertz CT molecular complexity index is 241. The van der Waals surface area contributed by atoms with Crippen LogP contribution >= 0.6 is 0 Å². The summed E-state index contributed by atoms with van der Waals surface area (Å²) in [4.78, 5) is 21.9. The highest BCUT2D eigenvalue weighted by molar-refractivity contribution is 5.69. The van der Waals surface area contributed by atoms with E-state index in [0.29, 0.717) is 0 Å². The lowest BCUT2D eigenvalue weighted by Crippen LogP contribution is -2.29. The lowest BCUT2D eigenvalue weighted by Gasteiger charge is -2.13. The number of nitrogens with zero attached hydrogens (tertiary/aromatic N) is 1. The summed E-state index contributed by atoms with van der Waals surface area (Å²) < 4.78 is 3.77. The molecule has 0 fully saturated rings. The fraction of sp³-hybridized carbons (Fsp3) is 0.500. The quantitative estimate of drug-likeness (QED) is 0.344. The SMILES string of the molecule is C[OH+]CN(/C=C\NCC(=O)O)CC(=O)O. The predicted molar refractivity (Wildman–Crippen MR) is 52.1 cm³/mol. The summed E-state index contributed by atoms with van der Waals surface area (Å²) in [6.07, 6.45) is 2.83. The minimum atomic E-state index is -0.982. The Morgan fingerprint density at radius 2 is 2.07 bits per heavy atom. The molecule has 0 aliphatic heterocycles. The predicted octanol–water partition coefficient (Wildman–Crippen LogP) is -1.37. The van der Waals surface area contributed by atoms with Crippen LogP contribution in [0.15, 0.2) is 12.4 Å². The third-order valence-corrected chi connectivity index (χ3v) is 1.32. The Morgan fingerprint density at radius 1 is 1.40 bits per heavy atom. The van der Waals surface area contributed by atoms with Gasteiger partial charge in [0.25, 0.3) is 0 Å². The third kappa shape index (κ3) is 8.57. The number of aliphatic hydroxyl groups is 2. The molecule has 0 unspecified atom stereocenters. The minimum absolute atomic E-state index is 0.178. The van der Waals surface area contributed by atoms with Gasteiger partial charge in [-0.1, -0.05) is 0 Å². The molecule has 0 aromatic carbocycles. The van der Waals surface area contributed by atoms with E-state index < -0.39 is 11.9 Å². The lowest BCUT2D eigenvalue weighted by molar-refractivity contribution is -0.141. The highest BCUT2D eigenvalue weighted by atomic mass is 16.5. The van der Waals surface area contributed by atoms with Crippen molar-refractivity contribution in [2.75, 3.05) is 26.9 Å². The van der Waals surface area contributed by atoms with Crippen LogP contribution in [-0.2, 0) is 9.59 Å². The van der Waals surface area contributed by atoms with Gasteiger partial charge in [-0.05, 0) is 0 Å². The van der Waals surface area contributed by atoms with Crippen molar-refractivity contribution in [2.24, 2.45) is 0 Å². The van der Waals surface area contributed by atoms with E-state index >= 15 is 0 Å². The Balaban J connectivity index is 3.92. The number of rotatable bonds is 8. The normalized spacial score (nSPS) is 10.2. The summed E-state index contributed by atoms with van der Waals surface area (Å²) >= 11 is 0. The summed E-state index contributed by atoms with van der Waals surface area (Å²) in [5, 5.41) is 19.3. The summed E-state index contributed by atoms with van der Waals surface area (Å²) in [5.41, 5.74) is 0. The van der Waals surface area contributed by atoms with Gasteiger partial charge < -0.3 is 25.2 Å². The van der Waals surface area contributed by atoms with Crippen LogP contribution in [0.25, 0.3) is 0 Å². The number of hydrogen-bond acceptors (Lipinski definition) is 4. The maximum absolute atomic E-state index is 10.4. The van der Waals surface area contributed by atoms with E-state index in [-0.39, 0.29) is 19.8 Å². The molecule has 0 saturated carbocycles. The Kier molecular flexibility index (Phi) is 6.73. The van der Waals surface area contributed by atoms with Crippen LogP contribution in [0, 0.1) is 0 Å². The van der Waals surface area contributed by atoms with Gasteiger partial charge in [0, 0.05) is 12.4 Å². The highest BCUT2D eigenvalue weighted by Crippen LogP contribution is 1.87. The van der Waals surface area contributed by atoms with E-state index in [9.17, 15) is 9.59 Å². The van der Waals surface area contributed by atoms with Gasteiger partial charge >= 0.3 is 11.9 Å². The zero-order chi connectivity index (χ0) is 11.7. The van der Waals surface area contributed by atoms with Crippen LogP contribution < -0.4 is 5.32 Å². The molecule has 0 spiro atoms. The lowest BCUT2D eigenvalue weighted by atomic mass is 10.5. The van der Waals surface area contributed by atoms with Gasteiger partial charge in [0.2, 0.25) is 6.73 Å². The molecule has 7 nitrogen and oxygen atoms in total. The number of nitrogens with one attached hydrogen (secondary N) is 1. The smallest absolute Gasteiger partial charge is 0.323 e. The first-order chi connectivity index (χ1) is 7.06. The van der Waals surface area contributed by atoms with Crippen molar-refractivity contribution in [3.05, 3.63) is 12.4 Å².